The standard InChI is InChI=1S/C24H31N3O2S/c1-25(2)24(29)22-9-5-8-21(30-22)18-10-12-19(13-11-18)23(28)27-16-6-7-20(27)17-26-14-3-4-15-26/h8-13,20H,3-7,14-17H2,1-2H3/t20-/m0/s1. The quantitative estimate of drug-likeness (QED) is 0.719. The molecule has 6 heteroatoms. The molecule has 3 heterocycles. The van der Waals surface area contributed by atoms with E-state index in [4.69, 9.17) is 0 Å². The molecule has 0 bridgehead atoms. The zero-order valence-electron chi connectivity index (χ0n) is 18.0. The number of rotatable bonds is 5. The number of likely N-dealkylation sites (tertiary alicyclic amines) is 2. The van der Waals surface area contributed by atoms with E-state index >= 15 is 0 Å². The van der Waals surface area contributed by atoms with Crippen LogP contribution in [-0.2, 0) is 4.79 Å². The first-order valence-corrected chi connectivity index (χ1v) is 11.8. The van der Waals surface area contributed by atoms with E-state index in [0.717, 1.165) is 53.3 Å². The van der Waals surface area contributed by atoms with E-state index in [1.54, 1.807) is 19.0 Å². The lowest BCUT2D eigenvalue weighted by molar-refractivity contribution is -0.123. The molecule has 0 aliphatic carbocycles. The van der Waals surface area contributed by atoms with Crippen molar-refractivity contribution in [3.63, 3.8) is 0 Å². The Morgan fingerprint density at radius 1 is 1.03 bits per heavy atom. The maximum absolute atomic E-state index is 13.2. The zero-order valence-corrected chi connectivity index (χ0v) is 18.8. The molecule has 30 heavy (non-hydrogen) atoms. The summed E-state index contributed by atoms with van der Waals surface area (Å²) in [6, 6.07) is 8.25. The number of amides is 2. The first-order chi connectivity index (χ1) is 14.5. The number of carbonyl (C=O) groups excluding carboxylic acids is 2. The van der Waals surface area contributed by atoms with Crippen LogP contribution in [0.15, 0.2) is 41.3 Å². The maximum Gasteiger partial charge on any atom is 0.259 e. The lowest BCUT2D eigenvalue weighted by atomic mass is 10.1. The summed E-state index contributed by atoms with van der Waals surface area (Å²) in [5, 5.41) is 0. The molecule has 2 amide bonds. The van der Waals surface area contributed by atoms with Crippen molar-refractivity contribution in [3.05, 3.63) is 52.4 Å². The van der Waals surface area contributed by atoms with Gasteiger partial charge in [-0.1, -0.05) is 36.0 Å². The van der Waals surface area contributed by atoms with Crippen molar-refractivity contribution in [2.24, 2.45) is 0 Å². The van der Waals surface area contributed by atoms with Crippen LogP contribution in [0, 0.1) is 0 Å². The monoisotopic (exact) mass is 425 g/mol. The van der Waals surface area contributed by atoms with E-state index < -0.39 is 0 Å². The van der Waals surface area contributed by atoms with Gasteiger partial charge in [-0.05, 0) is 62.9 Å². The van der Waals surface area contributed by atoms with E-state index in [1.165, 1.54) is 37.7 Å². The van der Waals surface area contributed by atoms with Crippen LogP contribution >= 0.6 is 11.8 Å². The summed E-state index contributed by atoms with van der Waals surface area (Å²) in [4.78, 5) is 33.5. The number of thioether (sulfide) groups is 1. The van der Waals surface area contributed by atoms with E-state index in [0.29, 0.717) is 6.04 Å². The van der Waals surface area contributed by atoms with Gasteiger partial charge in [-0.3, -0.25) is 9.59 Å². The minimum atomic E-state index is 0.0375. The number of hydrogen-bond donors (Lipinski definition) is 0. The highest BCUT2D eigenvalue weighted by Gasteiger charge is 2.31. The predicted octanol–water partition coefficient (Wildman–Crippen LogP) is 3.84. The summed E-state index contributed by atoms with van der Waals surface area (Å²) in [6.45, 7) is 4.22. The van der Waals surface area contributed by atoms with Crippen molar-refractivity contribution in [1.82, 2.24) is 14.7 Å². The molecule has 0 spiro atoms. The molecule has 0 aromatic heterocycles. The van der Waals surface area contributed by atoms with Crippen molar-refractivity contribution in [2.45, 2.75) is 38.1 Å². The summed E-state index contributed by atoms with van der Waals surface area (Å²) < 4.78 is 0. The Kier molecular flexibility index (Phi) is 6.64. The molecule has 1 aromatic carbocycles. The summed E-state index contributed by atoms with van der Waals surface area (Å²) in [6.07, 6.45) is 9.65. The largest absolute Gasteiger partial charge is 0.344 e. The fraction of sp³-hybridized carbons (Fsp3) is 0.500. The minimum absolute atomic E-state index is 0.0375. The number of likely N-dealkylation sites (N-methyl/N-ethyl adjacent to an activating group) is 1. The molecule has 4 rings (SSSR count). The molecule has 0 unspecified atom stereocenters. The van der Waals surface area contributed by atoms with Crippen LogP contribution in [0.25, 0.3) is 4.91 Å². The second kappa shape index (κ2) is 9.40. The van der Waals surface area contributed by atoms with Crippen LogP contribution in [0.5, 0.6) is 0 Å². The van der Waals surface area contributed by atoms with Gasteiger partial charge in [0.2, 0.25) is 0 Å². The first-order valence-electron chi connectivity index (χ1n) is 11.0. The highest BCUT2D eigenvalue weighted by molar-refractivity contribution is 8.12. The average molecular weight is 426 g/mol. The fourth-order valence-electron chi connectivity index (χ4n) is 4.50. The molecule has 1 atom stereocenters. The highest BCUT2D eigenvalue weighted by Crippen LogP contribution is 2.38. The van der Waals surface area contributed by atoms with Crippen molar-refractivity contribution in [3.8, 4) is 0 Å². The smallest absolute Gasteiger partial charge is 0.259 e. The zero-order chi connectivity index (χ0) is 21.1. The molecule has 2 fully saturated rings. The Balaban J connectivity index is 1.41. The van der Waals surface area contributed by atoms with Gasteiger partial charge >= 0.3 is 0 Å². The number of hydrogen-bond acceptors (Lipinski definition) is 4. The highest BCUT2D eigenvalue weighted by atomic mass is 32.2. The third-order valence-electron chi connectivity index (χ3n) is 6.17. The Bertz CT molecular complexity index is 854. The molecular formula is C24H31N3O2S. The molecule has 0 radical (unpaired) electrons. The maximum atomic E-state index is 13.2. The Hall–Kier alpha value is -2.05. The minimum Gasteiger partial charge on any atom is -0.344 e. The second-order valence-electron chi connectivity index (χ2n) is 8.55. The molecule has 0 N–H and O–H groups in total. The molecule has 2 saturated heterocycles. The Labute approximate surface area is 183 Å². The molecule has 0 saturated carbocycles. The van der Waals surface area contributed by atoms with Gasteiger partial charge in [0.25, 0.3) is 11.8 Å². The van der Waals surface area contributed by atoms with Crippen molar-refractivity contribution < 1.29 is 9.59 Å². The van der Waals surface area contributed by atoms with Crippen molar-refractivity contribution in [1.29, 1.82) is 0 Å². The van der Waals surface area contributed by atoms with Gasteiger partial charge in [-0.2, -0.15) is 0 Å². The topological polar surface area (TPSA) is 43.9 Å². The van der Waals surface area contributed by atoms with E-state index in [2.05, 4.69) is 15.9 Å². The van der Waals surface area contributed by atoms with Gasteiger partial charge in [-0.15, -0.1) is 0 Å². The SMILES string of the molecule is CN(C)C(=O)C1=CCC=C(c2ccc(C(=O)N3CCC[C@H]3CN3CCCC3)cc2)S1. The van der Waals surface area contributed by atoms with E-state index in [9.17, 15) is 9.59 Å². The fourth-order valence-corrected chi connectivity index (χ4v) is 5.62. The van der Waals surface area contributed by atoms with Crippen LogP contribution in [0.4, 0.5) is 0 Å². The lowest BCUT2D eigenvalue weighted by Gasteiger charge is -2.28. The Morgan fingerprint density at radius 2 is 1.77 bits per heavy atom. The van der Waals surface area contributed by atoms with Crippen LogP contribution in [0.1, 0.15) is 48.0 Å². The van der Waals surface area contributed by atoms with E-state index in [-0.39, 0.29) is 11.8 Å². The molecular weight excluding hydrogens is 394 g/mol. The van der Waals surface area contributed by atoms with Crippen LogP contribution < -0.4 is 0 Å². The number of benzene rings is 1. The Morgan fingerprint density at radius 3 is 2.47 bits per heavy atom. The van der Waals surface area contributed by atoms with Crippen LogP contribution in [-0.4, -0.2) is 72.8 Å². The van der Waals surface area contributed by atoms with E-state index in [1.807, 2.05) is 30.3 Å². The molecule has 3 aliphatic heterocycles. The molecule has 5 nitrogen and oxygen atoms in total. The molecule has 1 aromatic rings. The predicted molar refractivity (Wildman–Crippen MR) is 123 cm³/mol. The lowest BCUT2D eigenvalue weighted by Crippen LogP contribution is -2.42. The van der Waals surface area contributed by atoms with Crippen molar-refractivity contribution in [2.75, 3.05) is 40.3 Å². The van der Waals surface area contributed by atoms with Crippen LogP contribution in [0.3, 0.4) is 0 Å². The summed E-state index contributed by atoms with van der Waals surface area (Å²) >= 11 is 1.51. The summed E-state index contributed by atoms with van der Waals surface area (Å²) in [5.74, 6) is 0.187. The van der Waals surface area contributed by atoms with Gasteiger partial charge in [-0.25, -0.2) is 0 Å². The van der Waals surface area contributed by atoms with Gasteiger partial charge in [0.15, 0.2) is 0 Å². The average Bonchev–Trinajstić information content (AvgIpc) is 3.45. The first kappa shape index (κ1) is 21.2. The van der Waals surface area contributed by atoms with Gasteiger partial charge in [0, 0.05) is 43.7 Å². The normalized spacial score (nSPS) is 22.1. The second-order valence-corrected chi connectivity index (χ2v) is 9.64. The molecule has 3 aliphatic rings. The van der Waals surface area contributed by atoms with Crippen molar-refractivity contribution >= 4 is 28.5 Å². The summed E-state index contributed by atoms with van der Waals surface area (Å²) in [5.41, 5.74) is 1.82. The van der Waals surface area contributed by atoms with Crippen LogP contribution in [0.2, 0.25) is 0 Å². The third-order valence-corrected chi connectivity index (χ3v) is 7.35. The van der Waals surface area contributed by atoms with Gasteiger partial charge in [0.05, 0.1) is 4.91 Å². The van der Waals surface area contributed by atoms with Gasteiger partial charge in [0.1, 0.15) is 0 Å². The number of carbonyl (C=O) groups is 2. The third kappa shape index (κ3) is 4.65. The number of allylic oxidation sites excluding steroid dienone is 2. The van der Waals surface area contributed by atoms with Gasteiger partial charge < -0.3 is 14.7 Å². The molecule has 160 valence electrons. The number of nitrogens with zero attached hydrogens (tertiary/aromatic N) is 3. The summed E-state index contributed by atoms with van der Waals surface area (Å²) in [7, 11) is 3.55.